The minimum atomic E-state index is -3.05. The lowest BCUT2D eigenvalue weighted by Gasteiger charge is -2.27. The van der Waals surface area contributed by atoms with Crippen LogP contribution in [0.3, 0.4) is 0 Å². The van der Waals surface area contributed by atoms with E-state index in [1.165, 1.54) is 12.4 Å². The van der Waals surface area contributed by atoms with E-state index in [9.17, 15) is 23.2 Å². The van der Waals surface area contributed by atoms with Crippen LogP contribution in [0.2, 0.25) is 0 Å². The third-order valence-corrected chi connectivity index (χ3v) is 6.70. The quantitative estimate of drug-likeness (QED) is 0.339. The number of nitrogens with one attached hydrogen (secondary N) is 3. The Morgan fingerprint density at radius 3 is 2.75 bits per heavy atom. The van der Waals surface area contributed by atoms with Crippen LogP contribution in [0.15, 0.2) is 36.9 Å². The standard InChI is InChI=1S/C25H28F2N8O5/c26-25(27)40-17-8-20(24(38)30-10-16-7-15-9-28-2-1-18(15)32-16)35(14-17)22(36)13-31-23(37)19-11-29-12-21(33-19)34-3-5-39-6-4-34/h1-2,7,9,11-12,17,20,25,32H,3-6,8,10,13-14H2,(H,30,38)(H,31,37)/t17-,20+/m1/s1. The maximum Gasteiger partial charge on any atom is 0.345 e. The summed E-state index contributed by atoms with van der Waals surface area (Å²) in [7, 11) is 0. The van der Waals surface area contributed by atoms with Crippen molar-refractivity contribution in [3.63, 3.8) is 0 Å². The zero-order chi connectivity index (χ0) is 28.1. The molecule has 2 saturated heterocycles. The molecule has 0 unspecified atom stereocenters. The van der Waals surface area contributed by atoms with Crippen LogP contribution in [0.5, 0.6) is 0 Å². The van der Waals surface area contributed by atoms with Crippen LogP contribution in [0.4, 0.5) is 14.6 Å². The predicted molar refractivity (Wildman–Crippen MR) is 136 cm³/mol. The van der Waals surface area contributed by atoms with E-state index >= 15 is 0 Å². The average Bonchev–Trinajstić information content (AvgIpc) is 3.59. The zero-order valence-electron chi connectivity index (χ0n) is 21.4. The first-order valence-electron chi connectivity index (χ1n) is 12.7. The van der Waals surface area contributed by atoms with Gasteiger partial charge in [-0.2, -0.15) is 8.78 Å². The predicted octanol–water partition coefficient (Wildman–Crippen LogP) is 0.444. The number of aromatic amines is 1. The van der Waals surface area contributed by atoms with Gasteiger partial charge in [0.25, 0.3) is 5.91 Å². The van der Waals surface area contributed by atoms with Crippen molar-refractivity contribution in [1.82, 2.24) is 35.5 Å². The first kappa shape index (κ1) is 27.3. The summed E-state index contributed by atoms with van der Waals surface area (Å²) in [6.45, 7) is -1.34. The Labute approximate surface area is 227 Å². The molecule has 3 aromatic rings. The summed E-state index contributed by atoms with van der Waals surface area (Å²) < 4.78 is 35.7. The lowest BCUT2D eigenvalue weighted by atomic mass is 10.2. The Balaban J connectivity index is 1.20. The Bertz CT molecular complexity index is 1330. The number of nitrogens with zero attached hydrogens (tertiary/aromatic N) is 5. The summed E-state index contributed by atoms with van der Waals surface area (Å²) in [6, 6.07) is 2.57. The SMILES string of the molecule is O=C(NCC(=O)N1C[C@H](OC(F)F)C[C@H]1C(=O)NCc1cc2cnccc2[nH]1)c1cncc(N2CCOCC2)n1. The van der Waals surface area contributed by atoms with Gasteiger partial charge in [0.15, 0.2) is 0 Å². The molecule has 2 atom stereocenters. The van der Waals surface area contributed by atoms with E-state index in [1.807, 2.05) is 11.0 Å². The van der Waals surface area contributed by atoms with Crippen LogP contribution in [0.1, 0.15) is 22.6 Å². The molecule has 0 saturated carbocycles. The van der Waals surface area contributed by atoms with E-state index in [-0.39, 0.29) is 25.2 Å². The lowest BCUT2D eigenvalue weighted by molar-refractivity contribution is -0.160. The number of alkyl halides is 2. The lowest BCUT2D eigenvalue weighted by Crippen LogP contribution is -2.49. The van der Waals surface area contributed by atoms with Gasteiger partial charge in [0.05, 0.1) is 44.8 Å². The third kappa shape index (κ3) is 6.48. The van der Waals surface area contributed by atoms with Crippen LogP contribution < -0.4 is 15.5 Å². The summed E-state index contributed by atoms with van der Waals surface area (Å²) in [4.78, 5) is 57.5. The number of morpholine rings is 1. The molecule has 212 valence electrons. The number of fused-ring (bicyclic) bond motifs is 1. The summed E-state index contributed by atoms with van der Waals surface area (Å²) in [5.74, 6) is -1.27. The molecule has 13 nitrogen and oxygen atoms in total. The monoisotopic (exact) mass is 558 g/mol. The van der Waals surface area contributed by atoms with E-state index < -0.39 is 43.0 Å². The molecular weight excluding hydrogens is 530 g/mol. The van der Waals surface area contributed by atoms with Gasteiger partial charge in [0.2, 0.25) is 11.8 Å². The van der Waals surface area contributed by atoms with Crippen molar-refractivity contribution in [3.8, 4) is 0 Å². The molecule has 40 heavy (non-hydrogen) atoms. The smallest absolute Gasteiger partial charge is 0.345 e. The van der Waals surface area contributed by atoms with E-state index in [1.54, 1.807) is 18.5 Å². The molecule has 2 fully saturated rings. The van der Waals surface area contributed by atoms with Crippen molar-refractivity contribution in [3.05, 3.63) is 48.3 Å². The van der Waals surface area contributed by atoms with Crippen LogP contribution in [0, 0.1) is 0 Å². The number of likely N-dealkylation sites (tertiary alicyclic amines) is 1. The Morgan fingerprint density at radius 1 is 1.15 bits per heavy atom. The van der Waals surface area contributed by atoms with Crippen LogP contribution in [-0.4, -0.2) is 101 Å². The van der Waals surface area contributed by atoms with E-state index in [2.05, 4.69) is 35.3 Å². The van der Waals surface area contributed by atoms with Gasteiger partial charge in [-0.05, 0) is 12.1 Å². The summed E-state index contributed by atoms with van der Waals surface area (Å²) in [5, 5.41) is 6.09. The molecule has 2 aliphatic heterocycles. The van der Waals surface area contributed by atoms with E-state index in [0.717, 1.165) is 15.8 Å². The number of amides is 3. The van der Waals surface area contributed by atoms with Crippen molar-refractivity contribution < 1.29 is 32.6 Å². The molecule has 3 aromatic heterocycles. The fourth-order valence-electron chi connectivity index (χ4n) is 4.75. The van der Waals surface area contributed by atoms with E-state index in [4.69, 9.17) is 4.74 Å². The maximum atomic E-state index is 13.1. The van der Waals surface area contributed by atoms with Gasteiger partial charge in [-0.1, -0.05) is 0 Å². The highest BCUT2D eigenvalue weighted by atomic mass is 19.3. The van der Waals surface area contributed by atoms with Crippen LogP contribution in [0.25, 0.3) is 10.9 Å². The molecular formula is C25H28F2N8O5. The van der Waals surface area contributed by atoms with Crippen molar-refractivity contribution in [2.75, 3.05) is 44.3 Å². The third-order valence-electron chi connectivity index (χ3n) is 6.70. The Kier molecular flexibility index (Phi) is 8.40. The number of hydrogen-bond donors (Lipinski definition) is 3. The molecule has 15 heteroatoms. The second kappa shape index (κ2) is 12.3. The van der Waals surface area contributed by atoms with Crippen LogP contribution >= 0.6 is 0 Å². The van der Waals surface area contributed by atoms with Crippen molar-refractivity contribution in [2.24, 2.45) is 0 Å². The Hall–Kier alpha value is -4.24. The number of rotatable bonds is 9. The van der Waals surface area contributed by atoms with Gasteiger partial charge < -0.3 is 34.9 Å². The molecule has 5 rings (SSSR count). The van der Waals surface area contributed by atoms with Crippen LogP contribution in [-0.2, 0) is 25.6 Å². The number of H-pyrrole nitrogens is 1. The highest BCUT2D eigenvalue weighted by molar-refractivity contribution is 5.96. The van der Waals surface area contributed by atoms with Crippen molar-refractivity contribution in [2.45, 2.75) is 31.7 Å². The molecule has 0 aromatic carbocycles. The average molecular weight is 559 g/mol. The number of ether oxygens (including phenoxy) is 2. The molecule has 3 amide bonds. The molecule has 2 aliphatic rings. The van der Waals surface area contributed by atoms with Crippen molar-refractivity contribution >= 4 is 34.4 Å². The van der Waals surface area contributed by atoms with E-state index in [0.29, 0.717) is 37.8 Å². The molecule has 0 spiro atoms. The highest BCUT2D eigenvalue weighted by Gasteiger charge is 2.41. The Morgan fingerprint density at radius 2 is 1.98 bits per heavy atom. The normalized spacial score (nSPS) is 19.3. The second-order valence-corrected chi connectivity index (χ2v) is 9.34. The zero-order valence-corrected chi connectivity index (χ0v) is 21.4. The number of hydrogen-bond acceptors (Lipinski definition) is 9. The number of pyridine rings is 1. The minimum Gasteiger partial charge on any atom is -0.378 e. The summed E-state index contributed by atoms with van der Waals surface area (Å²) in [6.07, 6.45) is 4.99. The number of carbonyl (C=O) groups is 3. The fourth-order valence-corrected chi connectivity index (χ4v) is 4.75. The number of halogens is 2. The number of carbonyl (C=O) groups excluding carboxylic acids is 3. The largest absolute Gasteiger partial charge is 0.378 e. The molecule has 0 radical (unpaired) electrons. The van der Waals surface area contributed by atoms with Gasteiger partial charge in [-0.25, -0.2) is 4.98 Å². The maximum absolute atomic E-state index is 13.1. The number of anilines is 1. The summed E-state index contributed by atoms with van der Waals surface area (Å²) >= 11 is 0. The fraction of sp³-hybridized carbons (Fsp3) is 0.440. The van der Waals surface area contributed by atoms with Gasteiger partial charge in [-0.15, -0.1) is 0 Å². The first-order chi connectivity index (χ1) is 19.4. The van der Waals surface area contributed by atoms with Gasteiger partial charge in [0.1, 0.15) is 17.6 Å². The highest BCUT2D eigenvalue weighted by Crippen LogP contribution is 2.23. The van der Waals surface area contributed by atoms with Gasteiger partial charge >= 0.3 is 6.61 Å². The topological polar surface area (TPSA) is 155 Å². The molecule has 5 heterocycles. The van der Waals surface area contributed by atoms with Gasteiger partial charge in [0, 0.05) is 55.0 Å². The molecule has 0 aliphatic carbocycles. The minimum absolute atomic E-state index is 0.0138. The number of aromatic nitrogens is 4. The molecule has 0 bridgehead atoms. The second-order valence-electron chi connectivity index (χ2n) is 9.34. The van der Waals surface area contributed by atoms with Gasteiger partial charge in [-0.3, -0.25) is 24.4 Å². The van der Waals surface area contributed by atoms with Crippen molar-refractivity contribution in [1.29, 1.82) is 0 Å². The molecule has 3 N–H and O–H groups in total. The first-order valence-corrected chi connectivity index (χ1v) is 12.7. The summed E-state index contributed by atoms with van der Waals surface area (Å²) in [5.41, 5.74) is 1.57.